The maximum absolute atomic E-state index is 4.61. The molecule has 14 heavy (non-hydrogen) atoms. The SMILES string of the molecule is CC1CCn2c(C(C)C)nc(Br)c2C1. The molecule has 0 radical (unpaired) electrons. The highest BCUT2D eigenvalue weighted by Crippen LogP contribution is 2.30. The van der Waals surface area contributed by atoms with Crippen molar-refractivity contribution in [2.24, 2.45) is 5.92 Å². The highest BCUT2D eigenvalue weighted by molar-refractivity contribution is 9.10. The minimum absolute atomic E-state index is 0.522. The third-order valence-corrected chi connectivity index (χ3v) is 3.59. The molecule has 0 spiro atoms. The summed E-state index contributed by atoms with van der Waals surface area (Å²) in [7, 11) is 0. The van der Waals surface area contributed by atoms with Crippen LogP contribution in [0.4, 0.5) is 0 Å². The predicted molar refractivity (Wildman–Crippen MR) is 61.5 cm³/mol. The van der Waals surface area contributed by atoms with Crippen molar-refractivity contribution in [2.75, 3.05) is 0 Å². The first kappa shape index (κ1) is 10.2. The third-order valence-electron chi connectivity index (χ3n) is 2.96. The molecule has 0 fully saturated rings. The molecule has 0 aliphatic carbocycles. The number of hydrogen-bond acceptors (Lipinski definition) is 1. The van der Waals surface area contributed by atoms with Crippen LogP contribution in [0.25, 0.3) is 0 Å². The summed E-state index contributed by atoms with van der Waals surface area (Å²) in [4.78, 5) is 4.61. The summed E-state index contributed by atoms with van der Waals surface area (Å²) in [5, 5.41) is 0. The van der Waals surface area contributed by atoms with Crippen molar-refractivity contribution in [1.29, 1.82) is 0 Å². The minimum Gasteiger partial charge on any atom is -0.331 e. The van der Waals surface area contributed by atoms with Crippen molar-refractivity contribution in [1.82, 2.24) is 9.55 Å². The van der Waals surface area contributed by atoms with Gasteiger partial charge in [-0.25, -0.2) is 4.98 Å². The van der Waals surface area contributed by atoms with Crippen molar-refractivity contribution in [3.05, 3.63) is 16.1 Å². The molecule has 0 bridgehead atoms. The Morgan fingerprint density at radius 1 is 1.50 bits per heavy atom. The molecule has 2 heterocycles. The van der Waals surface area contributed by atoms with Crippen LogP contribution in [0, 0.1) is 5.92 Å². The zero-order chi connectivity index (χ0) is 10.3. The Balaban J connectivity index is 2.44. The lowest BCUT2D eigenvalue weighted by atomic mass is 9.98. The molecule has 0 saturated carbocycles. The van der Waals surface area contributed by atoms with E-state index in [1.807, 2.05) is 0 Å². The number of halogens is 1. The Labute approximate surface area is 93.9 Å². The molecule has 0 N–H and O–H groups in total. The maximum Gasteiger partial charge on any atom is 0.127 e. The van der Waals surface area contributed by atoms with Gasteiger partial charge in [0.05, 0.1) is 5.69 Å². The van der Waals surface area contributed by atoms with Crippen molar-refractivity contribution < 1.29 is 0 Å². The van der Waals surface area contributed by atoms with E-state index in [2.05, 4.69) is 46.3 Å². The Morgan fingerprint density at radius 3 is 2.86 bits per heavy atom. The second kappa shape index (κ2) is 3.69. The number of nitrogens with zero attached hydrogens (tertiary/aromatic N) is 2. The summed E-state index contributed by atoms with van der Waals surface area (Å²) in [5.41, 5.74) is 1.40. The van der Waals surface area contributed by atoms with Gasteiger partial charge in [0.25, 0.3) is 0 Å². The summed E-state index contributed by atoms with van der Waals surface area (Å²) in [5.74, 6) is 2.56. The van der Waals surface area contributed by atoms with E-state index < -0.39 is 0 Å². The van der Waals surface area contributed by atoms with Gasteiger partial charge in [0.1, 0.15) is 10.4 Å². The summed E-state index contributed by atoms with van der Waals surface area (Å²) in [6.07, 6.45) is 2.45. The minimum atomic E-state index is 0.522. The molecule has 1 aliphatic rings. The lowest BCUT2D eigenvalue weighted by Crippen LogP contribution is -2.19. The monoisotopic (exact) mass is 256 g/mol. The molecule has 0 saturated heterocycles. The van der Waals surface area contributed by atoms with Crippen LogP contribution in [0.15, 0.2) is 4.60 Å². The normalized spacial score (nSPS) is 21.4. The van der Waals surface area contributed by atoms with Gasteiger partial charge in [-0.2, -0.15) is 0 Å². The number of aromatic nitrogens is 2. The summed E-state index contributed by atoms with van der Waals surface area (Å²) < 4.78 is 3.46. The number of imidazole rings is 1. The molecular weight excluding hydrogens is 240 g/mol. The van der Waals surface area contributed by atoms with E-state index in [-0.39, 0.29) is 0 Å². The van der Waals surface area contributed by atoms with Crippen LogP contribution in [0.1, 0.15) is 44.6 Å². The highest BCUT2D eigenvalue weighted by Gasteiger charge is 2.23. The molecule has 1 aromatic heterocycles. The van der Waals surface area contributed by atoms with Gasteiger partial charge in [0.2, 0.25) is 0 Å². The Bertz CT molecular complexity index is 341. The van der Waals surface area contributed by atoms with Gasteiger partial charge in [-0.15, -0.1) is 0 Å². The van der Waals surface area contributed by atoms with Gasteiger partial charge in [0, 0.05) is 12.5 Å². The van der Waals surface area contributed by atoms with Gasteiger partial charge >= 0.3 is 0 Å². The number of rotatable bonds is 1. The molecule has 0 amide bonds. The highest BCUT2D eigenvalue weighted by atomic mass is 79.9. The van der Waals surface area contributed by atoms with E-state index in [0.717, 1.165) is 17.1 Å². The second-order valence-corrected chi connectivity index (χ2v) is 5.36. The quantitative estimate of drug-likeness (QED) is 0.754. The molecular formula is C11H17BrN2. The van der Waals surface area contributed by atoms with Gasteiger partial charge in [-0.1, -0.05) is 20.8 Å². The van der Waals surface area contributed by atoms with Gasteiger partial charge in [0.15, 0.2) is 0 Å². The zero-order valence-corrected chi connectivity index (χ0v) is 10.6. The van der Waals surface area contributed by atoms with Gasteiger partial charge in [-0.05, 0) is 34.7 Å². The molecule has 1 aliphatic heterocycles. The van der Waals surface area contributed by atoms with Gasteiger partial charge < -0.3 is 4.57 Å². The summed E-state index contributed by atoms with van der Waals surface area (Å²) in [6, 6.07) is 0. The Hall–Kier alpha value is -0.310. The molecule has 1 aromatic rings. The van der Waals surface area contributed by atoms with Crippen LogP contribution in [0.5, 0.6) is 0 Å². The van der Waals surface area contributed by atoms with Crippen molar-refractivity contribution in [3.63, 3.8) is 0 Å². The molecule has 1 atom stereocenters. The Kier molecular flexibility index (Phi) is 2.69. The molecule has 0 aromatic carbocycles. The lowest BCUT2D eigenvalue weighted by molar-refractivity contribution is 0.404. The van der Waals surface area contributed by atoms with Crippen LogP contribution in [0.3, 0.4) is 0 Å². The molecule has 3 heteroatoms. The van der Waals surface area contributed by atoms with Gasteiger partial charge in [-0.3, -0.25) is 0 Å². The molecule has 2 nitrogen and oxygen atoms in total. The van der Waals surface area contributed by atoms with Crippen LogP contribution < -0.4 is 0 Å². The second-order valence-electron chi connectivity index (χ2n) is 4.61. The molecule has 2 rings (SSSR count). The van der Waals surface area contributed by atoms with E-state index in [0.29, 0.717) is 5.92 Å². The summed E-state index contributed by atoms with van der Waals surface area (Å²) in [6.45, 7) is 7.88. The van der Waals surface area contributed by atoms with Crippen LogP contribution in [-0.4, -0.2) is 9.55 Å². The fraction of sp³-hybridized carbons (Fsp3) is 0.727. The number of hydrogen-bond donors (Lipinski definition) is 0. The molecule has 78 valence electrons. The fourth-order valence-electron chi connectivity index (χ4n) is 2.14. The zero-order valence-electron chi connectivity index (χ0n) is 9.05. The van der Waals surface area contributed by atoms with Crippen LogP contribution in [-0.2, 0) is 13.0 Å². The van der Waals surface area contributed by atoms with Crippen molar-refractivity contribution in [2.45, 2.75) is 46.1 Å². The number of fused-ring (bicyclic) bond motifs is 1. The lowest BCUT2D eigenvalue weighted by Gasteiger charge is -2.22. The van der Waals surface area contributed by atoms with Crippen molar-refractivity contribution >= 4 is 15.9 Å². The first-order valence-electron chi connectivity index (χ1n) is 5.34. The molecule has 1 unspecified atom stereocenters. The van der Waals surface area contributed by atoms with E-state index in [1.165, 1.54) is 24.4 Å². The standard InChI is InChI=1S/C11H17BrN2/c1-7(2)11-13-10(12)9-6-8(3)4-5-14(9)11/h7-8H,4-6H2,1-3H3. The predicted octanol–water partition coefficient (Wildman–Crippen LogP) is 3.35. The first-order chi connectivity index (χ1) is 6.59. The average molecular weight is 257 g/mol. The average Bonchev–Trinajstić information content (AvgIpc) is 2.44. The van der Waals surface area contributed by atoms with E-state index >= 15 is 0 Å². The van der Waals surface area contributed by atoms with E-state index in [1.54, 1.807) is 0 Å². The topological polar surface area (TPSA) is 17.8 Å². The Morgan fingerprint density at radius 2 is 2.21 bits per heavy atom. The smallest absolute Gasteiger partial charge is 0.127 e. The largest absolute Gasteiger partial charge is 0.331 e. The first-order valence-corrected chi connectivity index (χ1v) is 6.13. The van der Waals surface area contributed by atoms with E-state index in [4.69, 9.17) is 0 Å². The summed E-state index contributed by atoms with van der Waals surface area (Å²) >= 11 is 3.57. The van der Waals surface area contributed by atoms with E-state index in [9.17, 15) is 0 Å². The fourth-order valence-corrected chi connectivity index (χ4v) is 2.70. The maximum atomic E-state index is 4.61. The third kappa shape index (κ3) is 1.62. The van der Waals surface area contributed by atoms with Crippen LogP contribution >= 0.6 is 15.9 Å². The van der Waals surface area contributed by atoms with Crippen LogP contribution in [0.2, 0.25) is 0 Å². The van der Waals surface area contributed by atoms with Crippen molar-refractivity contribution in [3.8, 4) is 0 Å².